The van der Waals surface area contributed by atoms with Gasteiger partial charge < -0.3 is 15.1 Å². The summed E-state index contributed by atoms with van der Waals surface area (Å²) in [5.74, 6) is -0.784. The Labute approximate surface area is 191 Å². The first-order chi connectivity index (χ1) is 16.2. The molecule has 0 spiro atoms. The predicted octanol–water partition coefficient (Wildman–Crippen LogP) is 4.93. The number of carbonyl (C=O) groups excluding carboxylic acids is 1. The SMILES string of the molecule is O=C(c1nc(-c2cccc(C(F)(F)F)c2)nc2ccccc12)N1CCc2c(ccc(O)c2O)C1. The lowest BCUT2D eigenvalue weighted by molar-refractivity contribution is -0.137. The number of rotatable bonds is 2. The van der Waals surface area contributed by atoms with Gasteiger partial charge in [0.1, 0.15) is 5.69 Å². The number of halogens is 3. The maximum atomic E-state index is 13.5. The number of phenolic OH excluding ortho intramolecular Hbond substituents is 2. The van der Waals surface area contributed by atoms with Crippen LogP contribution in [0.4, 0.5) is 13.2 Å². The zero-order chi connectivity index (χ0) is 24.0. The van der Waals surface area contributed by atoms with Crippen LogP contribution in [0, 0.1) is 0 Å². The Balaban J connectivity index is 1.57. The molecule has 6 nitrogen and oxygen atoms in total. The highest BCUT2D eigenvalue weighted by molar-refractivity contribution is 6.05. The number of fused-ring (bicyclic) bond motifs is 2. The Morgan fingerprint density at radius 1 is 0.971 bits per heavy atom. The molecule has 172 valence electrons. The monoisotopic (exact) mass is 465 g/mol. The molecule has 0 saturated heterocycles. The molecular weight excluding hydrogens is 447 g/mol. The topological polar surface area (TPSA) is 86.6 Å². The van der Waals surface area contributed by atoms with E-state index in [1.807, 2.05) is 0 Å². The lowest BCUT2D eigenvalue weighted by atomic mass is 9.97. The molecule has 1 amide bonds. The lowest BCUT2D eigenvalue weighted by Crippen LogP contribution is -2.36. The Morgan fingerprint density at radius 2 is 1.76 bits per heavy atom. The third kappa shape index (κ3) is 3.79. The van der Waals surface area contributed by atoms with Crippen molar-refractivity contribution >= 4 is 16.8 Å². The second kappa shape index (κ2) is 8.02. The van der Waals surface area contributed by atoms with Crippen LogP contribution in [-0.2, 0) is 19.1 Å². The number of hydrogen-bond acceptors (Lipinski definition) is 5. The molecular formula is C25H18F3N3O3. The zero-order valence-electron chi connectivity index (χ0n) is 17.7. The Bertz CT molecular complexity index is 1440. The quantitative estimate of drug-likeness (QED) is 0.410. The summed E-state index contributed by atoms with van der Waals surface area (Å²) >= 11 is 0. The fourth-order valence-corrected chi connectivity index (χ4v) is 4.15. The second-order valence-electron chi connectivity index (χ2n) is 8.04. The number of para-hydroxylation sites is 1. The van der Waals surface area contributed by atoms with Crippen molar-refractivity contribution in [2.45, 2.75) is 19.1 Å². The van der Waals surface area contributed by atoms with Crippen LogP contribution in [0.15, 0.2) is 60.7 Å². The van der Waals surface area contributed by atoms with Crippen molar-refractivity contribution in [1.29, 1.82) is 0 Å². The summed E-state index contributed by atoms with van der Waals surface area (Å²) in [5.41, 5.74) is 1.13. The van der Waals surface area contributed by atoms with E-state index in [-0.39, 0.29) is 41.7 Å². The van der Waals surface area contributed by atoms with Crippen molar-refractivity contribution in [3.63, 3.8) is 0 Å². The van der Waals surface area contributed by atoms with Crippen molar-refractivity contribution in [1.82, 2.24) is 14.9 Å². The van der Waals surface area contributed by atoms with Crippen LogP contribution in [0.25, 0.3) is 22.3 Å². The summed E-state index contributed by atoms with van der Waals surface area (Å²) in [7, 11) is 0. The van der Waals surface area contributed by atoms with Crippen molar-refractivity contribution in [2.75, 3.05) is 6.54 Å². The van der Waals surface area contributed by atoms with Gasteiger partial charge >= 0.3 is 6.18 Å². The molecule has 9 heteroatoms. The van der Waals surface area contributed by atoms with E-state index >= 15 is 0 Å². The highest BCUT2D eigenvalue weighted by Gasteiger charge is 2.31. The van der Waals surface area contributed by atoms with E-state index in [0.29, 0.717) is 28.5 Å². The minimum absolute atomic E-state index is 0.0214. The van der Waals surface area contributed by atoms with E-state index in [4.69, 9.17) is 0 Å². The van der Waals surface area contributed by atoms with Crippen LogP contribution in [-0.4, -0.2) is 37.5 Å². The standard InChI is InChI=1S/C25H18F3N3O3/c26-25(27,28)16-5-3-4-14(12-16)23-29-19-7-2-1-6-18(19)21(30-23)24(34)31-11-10-17-15(13-31)8-9-20(32)22(17)33/h1-9,12,32-33H,10-11,13H2. The van der Waals surface area contributed by atoms with E-state index in [9.17, 15) is 28.2 Å². The summed E-state index contributed by atoms with van der Waals surface area (Å²) in [4.78, 5) is 23.9. The van der Waals surface area contributed by atoms with E-state index in [2.05, 4.69) is 9.97 Å². The number of benzene rings is 3. The first kappa shape index (κ1) is 21.7. The van der Waals surface area contributed by atoms with Gasteiger partial charge in [0.25, 0.3) is 5.91 Å². The highest BCUT2D eigenvalue weighted by Crippen LogP contribution is 2.36. The third-order valence-electron chi connectivity index (χ3n) is 5.89. The molecule has 1 aliphatic rings. The molecule has 0 bridgehead atoms. The largest absolute Gasteiger partial charge is 0.504 e. The molecule has 0 aliphatic carbocycles. The minimum Gasteiger partial charge on any atom is -0.504 e. The Hall–Kier alpha value is -4.14. The van der Waals surface area contributed by atoms with Gasteiger partial charge in [-0.05, 0) is 36.2 Å². The van der Waals surface area contributed by atoms with Crippen LogP contribution in [0.1, 0.15) is 27.2 Å². The molecule has 0 radical (unpaired) electrons. The van der Waals surface area contributed by atoms with Gasteiger partial charge in [-0.3, -0.25) is 4.79 Å². The summed E-state index contributed by atoms with van der Waals surface area (Å²) < 4.78 is 39.7. The normalized spacial score (nSPS) is 13.7. The van der Waals surface area contributed by atoms with Gasteiger partial charge in [-0.15, -0.1) is 0 Å². The molecule has 1 aliphatic heterocycles. The zero-order valence-corrected chi connectivity index (χ0v) is 17.7. The van der Waals surface area contributed by atoms with Crippen LogP contribution in [0.3, 0.4) is 0 Å². The predicted molar refractivity (Wildman–Crippen MR) is 118 cm³/mol. The average molecular weight is 465 g/mol. The number of amides is 1. The first-order valence-electron chi connectivity index (χ1n) is 10.5. The molecule has 3 aromatic carbocycles. The Morgan fingerprint density at radius 3 is 2.56 bits per heavy atom. The first-order valence-corrected chi connectivity index (χ1v) is 10.5. The van der Waals surface area contributed by atoms with Gasteiger partial charge in [0.05, 0.1) is 11.1 Å². The van der Waals surface area contributed by atoms with Gasteiger partial charge in [0.2, 0.25) is 0 Å². The van der Waals surface area contributed by atoms with Crippen molar-refractivity contribution in [2.24, 2.45) is 0 Å². The van der Waals surface area contributed by atoms with Crippen molar-refractivity contribution in [3.8, 4) is 22.9 Å². The molecule has 0 saturated carbocycles. The van der Waals surface area contributed by atoms with Gasteiger partial charge in [-0.1, -0.05) is 36.4 Å². The average Bonchev–Trinajstić information content (AvgIpc) is 2.84. The molecule has 0 fully saturated rings. The molecule has 1 aromatic heterocycles. The molecule has 0 unspecified atom stereocenters. The molecule has 5 rings (SSSR count). The van der Waals surface area contributed by atoms with E-state index in [1.165, 1.54) is 18.2 Å². The summed E-state index contributed by atoms with van der Waals surface area (Å²) in [6.45, 7) is 0.472. The van der Waals surface area contributed by atoms with Crippen LogP contribution in [0.2, 0.25) is 0 Å². The molecule has 2 heterocycles. The minimum atomic E-state index is -4.52. The fraction of sp³-hybridized carbons (Fsp3) is 0.160. The summed E-state index contributed by atoms with van der Waals surface area (Å²) in [5, 5.41) is 20.3. The summed E-state index contributed by atoms with van der Waals surface area (Å²) in [6, 6.07) is 14.5. The maximum absolute atomic E-state index is 13.5. The van der Waals surface area contributed by atoms with Gasteiger partial charge in [-0.25, -0.2) is 9.97 Å². The molecule has 34 heavy (non-hydrogen) atoms. The van der Waals surface area contributed by atoms with Gasteiger partial charge in [0, 0.05) is 29.6 Å². The number of aromatic nitrogens is 2. The Kier molecular flexibility index (Phi) is 5.11. The second-order valence-corrected chi connectivity index (χ2v) is 8.04. The van der Waals surface area contributed by atoms with Crippen LogP contribution >= 0.6 is 0 Å². The van der Waals surface area contributed by atoms with Crippen LogP contribution < -0.4 is 0 Å². The smallest absolute Gasteiger partial charge is 0.416 e. The number of hydrogen-bond donors (Lipinski definition) is 2. The lowest BCUT2D eigenvalue weighted by Gasteiger charge is -2.29. The summed E-state index contributed by atoms with van der Waals surface area (Å²) in [6.07, 6.45) is -4.18. The number of carbonyl (C=O) groups is 1. The van der Waals surface area contributed by atoms with Crippen LogP contribution in [0.5, 0.6) is 11.5 Å². The van der Waals surface area contributed by atoms with Crippen molar-refractivity contribution in [3.05, 3.63) is 83.0 Å². The van der Waals surface area contributed by atoms with Gasteiger partial charge in [0.15, 0.2) is 17.3 Å². The number of nitrogens with zero attached hydrogens (tertiary/aromatic N) is 3. The molecule has 2 N–H and O–H groups in total. The number of phenols is 2. The molecule has 4 aromatic rings. The van der Waals surface area contributed by atoms with E-state index in [0.717, 1.165) is 12.1 Å². The molecule has 0 atom stereocenters. The van der Waals surface area contributed by atoms with Crippen molar-refractivity contribution < 1.29 is 28.2 Å². The van der Waals surface area contributed by atoms with E-state index in [1.54, 1.807) is 35.2 Å². The third-order valence-corrected chi connectivity index (χ3v) is 5.89. The number of alkyl halides is 3. The van der Waals surface area contributed by atoms with Gasteiger partial charge in [-0.2, -0.15) is 13.2 Å². The van der Waals surface area contributed by atoms with E-state index < -0.39 is 17.6 Å². The maximum Gasteiger partial charge on any atom is 0.416 e. The highest BCUT2D eigenvalue weighted by atomic mass is 19.4. The fourth-order valence-electron chi connectivity index (χ4n) is 4.15. The number of aromatic hydroxyl groups is 2.